The molecule has 1 N–H and O–H groups in total. The van der Waals surface area contributed by atoms with Gasteiger partial charge in [0.25, 0.3) is 5.91 Å². The molecule has 2 amide bonds. The lowest BCUT2D eigenvalue weighted by Gasteiger charge is -2.29. The Morgan fingerprint density at radius 2 is 1.88 bits per heavy atom. The molecule has 6 nitrogen and oxygen atoms in total. The van der Waals surface area contributed by atoms with E-state index in [-0.39, 0.29) is 17.6 Å². The van der Waals surface area contributed by atoms with Crippen LogP contribution in [0.3, 0.4) is 0 Å². The number of hydrogen-bond donors (Lipinski definition) is 1. The van der Waals surface area contributed by atoms with Gasteiger partial charge in [-0.25, -0.2) is 4.39 Å². The van der Waals surface area contributed by atoms with Crippen molar-refractivity contribution in [3.63, 3.8) is 0 Å². The quantitative estimate of drug-likeness (QED) is 0.713. The van der Waals surface area contributed by atoms with Crippen molar-refractivity contribution in [1.29, 1.82) is 0 Å². The molecule has 1 aromatic rings. The molecule has 7 heteroatoms. The van der Waals surface area contributed by atoms with E-state index in [1.54, 1.807) is 12.0 Å². The number of halogens is 1. The maximum atomic E-state index is 13.1. The molecule has 0 atom stereocenters. The van der Waals surface area contributed by atoms with E-state index >= 15 is 0 Å². The fourth-order valence-electron chi connectivity index (χ4n) is 2.79. The van der Waals surface area contributed by atoms with Crippen molar-refractivity contribution in [2.24, 2.45) is 0 Å². The third-order valence-corrected chi connectivity index (χ3v) is 4.22. The zero-order valence-corrected chi connectivity index (χ0v) is 14.7. The van der Waals surface area contributed by atoms with Crippen LogP contribution in [0, 0.1) is 5.82 Å². The number of piperazine rings is 1. The molecule has 0 spiro atoms. The second-order valence-electron chi connectivity index (χ2n) is 6.03. The molecular formula is C18H26FN3O3. The molecule has 2 rings (SSSR count). The van der Waals surface area contributed by atoms with E-state index in [0.29, 0.717) is 51.2 Å². The van der Waals surface area contributed by atoms with Gasteiger partial charge in [0.1, 0.15) is 5.82 Å². The van der Waals surface area contributed by atoms with Gasteiger partial charge in [-0.2, -0.15) is 0 Å². The summed E-state index contributed by atoms with van der Waals surface area (Å²) in [5.41, 5.74) is 0.424. The van der Waals surface area contributed by atoms with E-state index in [4.69, 9.17) is 4.74 Å². The van der Waals surface area contributed by atoms with Crippen LogP contribution in [-0.2, 0) is 9.53 Å². The van der Waals surface area contributed by atoms with Gasteiger partial charge in [0, 0.05) is 65.0 Å². The highest BCUT2D eigenvalue weighted by Gasteiger charge is 2.20. The number of ether oxygens (including phenoxy) is 1. The van der Waals surface area contributed by atoms with E-state index in [2.05, 4.69) is 5.32 Å². The van der Waals surface area contributed by atoms with Crippen molar-refractivity contribution in [2.45, 2.75) is 12.8 Å². The van der Waals surface area contributed by atoms with Crippen molar-refractivity contribution in [3.8, 4) is 0 Å². The smallest absolute Gasteiger partial charge is 0.253 e. The fraction of sp³-hybridized carbons (Fsp3) is 0.556. The Balaban J connectivity index is 1.95. The van der Waals surface area contributed by atoms with E-state index in [9.17, 15) is 14.0 Å². The maximum absolute atomic E-state index is 13.1. The molecule has 1 aliphatic rings. The van der Waals surface area contributed by atoms with Crippen LogP contribution in [0.5, 0.6) is 0 Å². The Morgan fingerprint density at radius 3 is 2.52 bits per heavy atom. The average molecular weight is 351 g/mol. The highest BCUT2D eigenvalue weighted by Crippen LogP contribution is 2.09. The first-order valence-electron chi connectivity index (χ1n) is 8.64. The minimum atomic E-state index is -0.378. The molecule has 0 aliphatic carbocycles. The summed E-state index contributed by atoms with van der Waals surface area (Å²) in [5, 5.41) is 3.21. The predicted octanol–water partition coefficient (Wildman–Crippen LogP) is 1.13. The van der Waals surface area contributed by atoms with Crippen molar-refractivity contribution in [1.82, 2.24) is 15.1 Å². The molecule has 0 unspecified atom stereocenters. The van der Waals surface area contributed by atoms with Crippen LogP contribution in [0.15, 0.2) is 24.3 Å². The molecule has 25 heavy (non-hydrogen) atoms. The topological polar surface area (TPSA) is 61.9 Å². The third kappa shape index (κ3) is 6.10. The lowest BCUT2D eigenvalue weighted by atomic mass is 10.1. The first-order chi connectivity index (χ1) is 12.1. The molecule has 1 aromatic carbocycles. The Hall–Kier alpha value is -1.99. The lowest BCUT2D eigenvalue weighted by Crippen LogP contribution is -2.47. The highest BCUT2D eigenvalue weighted by molar-refractivity contribution is 5.94. The Kier molecular flexibility index (Phi) is 7.81. The standard InChI is InChI=1S/C18H26FN3O3/c1-25-14-2-10-22(18(24)15-3-5-16(19)6-4-15)11-7-17(23)21-12-8-20-9-13-21/h3-6,20H,2,7-14H2,1H3. The zero-order valence-electron chi connectivity index (χ0n) is 14.7. The van der Waals surface area contributed by atoms with Crippen LogP contribution in [0.25, 0.3) is 0 Å². The molecule has 1 heterocycles. The molecule has 1 saturated heterocycles. The van der Waals surface area contributed by atoms with Crippen molar-refractivity contribution < 1.29 is 18.7 Å². The number of benzene rings is 1. The van der Waals surface area contributed by atoms with Crippen molar-refractivity contribution in [2.75, 3.05) is 53.0 Å². The number of carbonyl (C=O) groups excluding carboxylic acids is 2. The van der Waals surface area contributed by atoms with E-state index in [1.165, 1.54) is 24.3 Å². The van der Waals surface area contributed by atoms with Crippen molar-refractivity contribution in [3.05, 3.63) is 35.6 Å². The third-order valence-electron chi connectivity index (χ3n) is 4.22. The van der Waals surface area contributed by atoms with Crippen molar-refractivity contribution >= 4 is 11.8 Å². The molecule has 138 valence electrons. The second kappa shape index (κ2) is 10.1. The van der Waals surface area contributed by atoms with Gasteiger partial charge in [-0.1, -0.05) is 0 Å². The Bertz CT molecular complexity index is 559. The summed E-state index contributed by atoms with van der Waals surface area (Å²) in [4.78, 5) is 28.5. The maximum Gasteiger partial charge on any atom is 0.253 e. The second-order valence-corrected chi connectivity index (χ2v) is 6.03. The minimum Gasteiger partial charge on any atom is -0.385 e. The molecule has 0 radical (unpaired) electrons. The van der Waals surface area contributed by atoms with E-state index in [1.807, 2.05) is 4.90 Å². The van der Waals surface area contributed by atoms with Crippen LogP contribution in [-0.4, -0.2) is 74.6 Å². The largest absolute Gasteiger partial charge is 0.385 e. The van der Waals surface area contributed by atoms with Crippen LogP contribution < -0.4 is 5.32 Å². The summed E-state index contributed by atoms with van der Waals surface area (Å²) >= 11 is 0. The number of rotatable bonds is 8. The minimum absolute atomic E-state index is 0.0603. The lowest BCUT2D eigenvalue weighted by molar-refractivity contribution is -0.131. The van der Waals surface area contributed by atoms with Crippen LogP contribution in [0.1, 0.15) is 23.2 Å². The highest BCUT2D eigenvalue weighted by atomic mass is 19.1. The SMILES string of the molecule is COCCCN(CCC(=O)N1CCNCC1)C(=O)c1ccc(F)cc1. The molecule has 0 aromatic heterocycles. The summed E-state index contributed by atoms with van der Waals surface area (Å²) in [5.74, 6) is -0.509. The Labute approximate surface area is 147 Å². The first kappa shape index (κ1) is 19.3. The van der Waals surface area contributed by atoms with Crippen LogP contribution in [0.2, 0.25) is 0 Å². The summed E-state index contributed by atoms with van der Waals surface area (Å²) in [6, 6.07) is 5.48. The summed E-state index contributed by atoms with van der Waals surface area (Å²) in [7, 11) is 1.61. The number of nitrogens with zero attached hydrogens (tertiary/aromatic N) is 2. The zero-order chi connectivity index (χ0) is 18.1. The monoisotopic (exact) mass is 351 g/mol. The van der Waals surface area contributed by atoms with Gasteiger partial charge in [-0.05, 0) is 30.7 Å². The number of hydrogen-bond acceptors (Lipinski definition) is 4. The molecule has 1 aliphatic heterocycles. The summed E-state index contributed by atoms with van der Waals surface area (Å²) in [6.45, 7) is 4.40. The van der Waals surface area contributed by atoms with Gasteiger partial charge in [-0.3, -0.25) is 9.59 Å². The van der Waals surface area contributed by atoms with Gasteiger partial charge >= 0.3 is 0 Å². The van der Waals surface area contributed by atoms with E-state index in [0.717, 1.165) is 13.1 Å². The van der Waals surface area contributed by atoms with Gasteiger partial charge in [0.2, 0.25) is 5.91 Å². The average Bonchev–Trinajstić information content (AvgIpc) is 2.65. The first-order valence-corrected chi connectivity index (χ1v) is 8.64. The molecular weight excluding hydrogens is 325 g/mol. The van der Waals surface area contributed by atoms with Crippen LogP contribution in [0.4, 0.5) is 4.39 Å². The van der Waals surface area contributed by atoms with Gasteiger partial charge < -0.3 is 19.9 Å². The van der Waals surface area contributed by atoms with Gasteiger partial charge in [0.15, 0.2) is 0 Å². The fourth-order valence-corrected chi connectivity index (χ4v) is 2.79. The van der Waals surface area contributed by atoms with E-state index < -0.39 is 0 Å². The number of carbonyl (C=O) groups is 2. The van der Waals surface area contributed by atoms with Gasteiger partial charge in [-0.15, -0.1) is 0 Å². The normalized spacial score (nSPS) is 14.4. The molecule has 1 fully saturated rings. The number of nitrogens with one attached hydrogen (secondary N) is 1. The predicted molar refractivity (Wildman–Crippen MR) is 92.9 cm³/mol. The number of methoxy groups -OCH3 is 1. The van der Waals surface area contributed by atoms with Gasteiger partial charge in [0.05, 0.1) is 0 Å². The Morgan fingerprint density at radius 1 is 1.20 bits per heavy atom. The molecule has 0 saturated carbocycles. The summed E-state index contributed by atoms with van der Waals surface area (Å²) in [6.07, 6.45) is 0.977. The molecule has 0 bridgehead atoms. The van der Waals surface area contributed by atoms with Crippen LogP contribution >= 0.6 is 0 Å². The summed E-state index contributed by atoms with van der Waals surface area (Å²) < 4.78 is 18.1. The number of amides is 2.